The molecule has 1 aromatic heterocycles. The fraction of sp³-hybridized carbons (Fsp3) is 0.733. The summed E-state index contributed by atoms with van der Waals surface area (Å²) in [7, 11) is 0. The molecule has 0 unspecified atom stereocenters. The van der Waals surface area contributed by atoms with Crippen molar-refractivity contribution in [2.45, 2.75) is 51.3 Å². The molecule has 3 atom stereocenters. The summed E-state index contributed by atoms with van der Waals surface area (Å²) in [6, 6.07) is -0.0235. The summed E-state index contributed by atoms with van der Waals surface area (Å²) in [4.78, 5) is 16.3. The summed E-state index contributed by atoms with van der Waals surface area (Å²) in [5.41, 5.74) is 0. The zero-order chi connectivity index (χ0) is 14.7. The van der Waals surface area contributed by atoms with E-state index in [0.717, 1.165) is 44.7 Å². The molecule has 21 heavy (non-hydrogen) atoms. The maximum absolute atomic E-state index is 11.9. The van der Waals surface area contributed by atoms with Crippen LogP contribution in [0.15, 0.2) is 12.4 Å². The van der Waals surface area contributed by atoms with Crippen molar-refractivity contribution in [2.24, 2.45) is 5.92 Å². The number of ether oxygens (including phenoxy) is 1. The largest absolute Gasteiger partial charge is 0.376 e. The van der Waals surface area contributed by atoms with E-state index < -0.39 is 0 Å². The summed E-state index contributed by atoms with van der Waals surface area (Å²) in [6.07, 6.45) is 8.19. The first-order chi connectivity index (χ1) is 10.2. The van der Waals surface area contributed by atoms with Crippen molar-refractivity contribution >= 4 is 6.03 Å². The molecule has 2 N–H and O–H groups in total. The Labute approximate surface area is 125 Å². The van der Waals surface area contributed by atoms with Gasteiger partial charge in [-0.05, 0) is 32.1 Å². The molecular weight excluding hydrogens is 268 g/mol. The van der Waals surface area contributed by atoms with Gasteiger partial charge in [0.05, 0.1) is 12.1 Å². The van der Waals surface area contributed by atoms with E-state index in [1.807, 2.05) is 19.3 Å². The molecule has 2 aliphatic rings. The lowest BCUT2D eigenvalue weighted by atomic mass is 9.98. The van der Waals surface area contributed by atoms with Crippen LogP contribution in [0, 0.1) is 5.92 Å². The summed E-state index contributed by atoms with van der Waals surface area (Å²) in [6.45, 7) is 4.52. The Hall–Kier alpha value is -1.56. The van der Waals surface area contributed by atoms with Gasteiger partial charge in [-0.2, -0.15) is 0 Å². The van der Waals surface area contributed by atoms with Gasteiger partial charge in [0.1, 0.15) is 5.82 Å². The van der Waals surface area contributed by atoms with Gasteiger partial charge in [-0.1, -0.05) is 0 Å². The molecule has 6 heteroatoms. The van der Waals surface area contributed by atoms with Gasteiger partial charge in [-0.15, -0.1) is 0 Å². The van der Waals surface area contributed by atoms with Crippen LogP contribution in [-0.2, 0) is 17.7 Å². The molecule has 0 spiro atoms. The lowest BCUT2D eigenvalue weighted by Gasteiger charge is -2.25. The van der Waals surface area contributed by atoms with E-state index in [1.165, 1.54) is 0 Å². The predicted molar refractivity (Wildman–Crippen MR) is 79.0 cm³/mol. The van der Waals surface area contributed by atoms with E-state index in [2.05, 4.69) is 20.2 Å². The Morgan fingerprint density at radius 2 is 2.48 bits per heavy atom. The monoisotopic (exact) mass is 292 g/mol. The molecule has 3 heterocycles. The number of nitrogens with zero attached hydrogens (tertiary/aromatic N) is 2. The topological polar surface area (TPSA) is 68.2 Å². The number of imidazole rings is 1. The number of nitrogens with one attached hydrogen (secondary N) is 2. The first kappa shape index (κ1) is 14.4. The fourth-order valence-electron chi connectivity index (χ4n) is 3.17. The van der Waals surface area contributed by atoms with E-state index in [0.29, 0.717) is 12.5 Å². The van der Waals surface area contributed by atoms with Crippen molar-refractivity contribution in [1.82, 2.24) is 20.2 Å². The average Bonchev–Trinajstić information content (AvgIpc) is 3.15. The second kappa shape index (κ2) is 6.47. The van der Waals surface area contributed by atoms with Crippen LogP contribution in [0.4, 0.5) is 4.79 Å². The minimum absolute atomic E-state index is 0.0674. The van der Waals surface area contributed by atoms with Crippen molar-refractivity contribution < 1.29 is 9.53 Å². The zero-order valence-electron chi connectivity index (χ0n) is 12.5. The van der Waals surface area contributed by atoms with Crippen molar-refractivity contribution in [3.8, 4) is 0 Å². The molecule has 0 bridgehead atoms. The van der Waals surface area contributed by atoms with E-state index in [4.69, 9.17) is 4.74 Å². The zero-order valence-corrected chi connectivity index (χ0v) is 12.5. The molecule has 0 saturated carbocycles. The van der Waals surface area contributed by atoms with Crippen molar-refractivity contribution in [3.63, 3.8) is 0 Å². The summed E-state index contributed by atoms with van der Waals surface area (Å²) in [5.74, 6) is 1.60. The van der Waals surface area contributed by atoms with E-state index in [9.17, 15) is 4.79 Å². The van der Waals surface area contributed by atoms with E-state index in [1.54, 1.807) is 0 Å². The SMILES string of the molecule is C[C@H](NC(=O)NC[C@H]1CCn2ccnc2C1)[C@H]1CCCO1. The molecular formula is C15H24N4O2. The number of carbonyl (C=O) groups is 1. The second-order valence-corrected chi connectivity index (χ2v) is 6.09. The third kappa shape index (κ3) is 3.56. The molecule has 3 rings (SSSR count). The molecule has 1 saturated heterocycles. The number of urea groups is 1. The number of fused-ring (bicyclic) bond motifs is 1. The highest BCUT2D eigenvalue weighted by Crippen LogP contribution is 2.18. The van der Waals surface area contributed by atoms with Crippen LogP contribution in [0.2, 0.25) is 0 Å². The number of aromatic nitrogens is 2. The first-order valence-electron chi connectivity index (χ1n) is 7.88. The lowest BCUT2D eigenvalue weighted by Crippen LogP contribution is -2.47. The molecule has 6 nitrogen and oxygen atoms in total. The third-order valence-corrected chi connectivity index (χ3v) is 4.48. The minimum Gasteiger partial charge on any atom is -0.376 e. The highest BCUT2D eigenvalue weighted by Gasteiger charge is 2.24. The number of rotatable bonds is 4. The van der Waals surface area contributed by atoms with Crippen LogP contribution in [0.5, 0.6) is 0 Å². The molecule has 116 valence electrons. The van der Waals surface area contributed by atoms with Gasteiger partial charge in [0, 0.05) is 38.5 Å². The Morgan fingerprint density at radius 3 is 3.29 bits per heavy atom. The standard InChI is InChI=1S/C15H24N4O2/c1-11(13-3-2-8-21-13)18-15(20)17-10-12-4-6-19-7-5-16-14(19)9-12/h5,7,11-13H,2-4,6,8-10H2,1H3,(H2,17,18,20)/t11-,12-,13+/m0/s1. The van der Waals surface area contributed by atoms with E-state index in [-0.39, 0.29) is 18.2 Å². The van der Waals surface area contributed by atoms with Crippen LogP contribution in [-0.4, -0.2) is 40.9 Å². The summed E-state index contributed by atoms with van der Waals surface area (Å²) >= 11 is 0. The maximum atomic E-state index is 11.9. The van der Waals surface area contributed by atoms with Gasteiger partial charge < -0.3 is 19.9 Å². The Morgan fingerprint density at radius 1 is 1.57 bits per heavy atom. The molecule has 2 amide bonds. The fourth-order valence-corrected chi connectivity index (χ4v) is 3.17. The Balaban J connectivity index is 1.40. The predicted octanol–water partition coefficient (Wildman–Crippen LogP) is 1.31. The van der Waals surface area contributed by atoms with Gasteiger partial charge in [0.15, 0.2) is 0 Å². The first-order valence-corrected chi connectivity index (χ1v) is 7.88. The van der Waals surface area contributed by atoms with Gasteiger partial charge >= 0.3 is 6.03 Å². The van der Waals surface area contributed by atoms with Gasteiger partial charge in [-0.3, -0.25) is 0 Å². The Kier molecular flexibility index (Phi) is 4.43. The number of hydrogen-bond donors (Lipinski definition) is 2. The molecule has 2 aliphatic heterocycles. The quantitative estimate of drug-likeness (QED) is 0.879. The lowest BCUT2D eigenvalue weighted by molar-refractivity contribution is 0.0859. The van der Waals surface area contributed by atoms with Crippen LogP contribution >= 0.6 is 0 Å². The second-order valence-electron chi connectivity index (χ2n) is 6.09. The van der Waals surface area contributed by atoms with Crippen LogP contribution in [0.3, 0.4) is 0 Å². The summed E-state index contributed by atoms with van der Waals surface area (Å²) in [5, 5.41) is 5.97. The summed E-state index contributed by atoms with van der Waals surface area (Å²) < 4.78 is 7.78. The van der Waals surface area contributed by atoms with Crippen LogP contribution in [0.1, 0.15) is 32.0 Å². The number of hydrogen-bond acceptors (Lipinski definition) is 3. The van der Waals surface area contributed by atoms with Crippen LogP contribution in [0.25, 0.3) is 0 Å². The van der Waals surface area contributed by atoms with Crippen LogP contribution < -0.4 is 10.6 Å². The molecule has 1 aromatic rings. The number of amides is 2. The van der Waals surface area contributed by atoms with Crippen molar-refractivity contribution in [3.05, 3.63) is 18.2 Å². The van der Waals surface area contributed by atoms with E-state index >= 15 is 0 Å². The van der Waals surface area contributed by atoms with Gasteiger partial charge in [-0.25, -0.2) is 9.78 Å². The molecule has 0 aromatic carbocycles. The maximum Gasteiger partial charge on any atom is 0.315 e. The number of aryl methyl sites for hydroxylation is 1. The van der Waals surface area contributed by atoms with Gasteiger partial charge in [0.2, 0.25) is 0 Å². The van der Waals surface area contributed by atoms with Crippen molar-refractivity contribution in [2.75, 3.05) is 13.2 Å². The highest BCUT2D eigenvalue weighted by atomic mass is 16.5. The normalized spacial score (nSPS) is 26.1. The third-order valence-electron chi connectivity index (χ3n) is 4.48. The number of carbonyl (C=O) groups excluding carboxylic acids is 1. The molecule has 1 fully saturated rings. The minimum atomic E-state index is -0.0908. The van der Waals surface area contributed by atoms with Crippen molar-refractivity contribution in [1.29, 1.82) is 0 Å². The Bertz CT molecular complexity index is 482. The smallest absolute Gasteiger partial charge is 0.315 e. The molecule has 0 radical (unpaired) electrons. The average molecular weight is 292 g/mol. The highest BCUT2D eigenvalue weighted by molar-refractivity contribution is 5.74. The molecule has 0 aliphatic carbocycles. The van der Waals surface area contributed by atoms with Gasteiger partial charge in [0.25, 0.3) is 0 Å².